The van der Waals surface area contributed by atoms with E-state index in [0.717, 1.165) is 33.2 Å². The van der Waals surface area contributed by atoms with E-state index in [4.69, 9.17) is 0 Å². The SMILES string of the molecule is C=CC1=C(C=C)C(/C=C(\C)C=C)=C(/C=C(\C)C=C)[B]1. The maximum Gasteiger partial charge on any atom is 0.193 e. The molecule has 1 radical (unpaired) electrons. The van der Waals surface area contributed by atoms with Crippen LogP contribution in [-0.4, -0.2) is 7.28 Å². The largest absolute Gasteiger partial charge is 0.193 e. The number of hydrogen-bond donors (Lipinski definition) is 0. The van der Waals surface area contributed by atoms with Crippen LogP contribution in [0.2, 0.25) is 0 Å². The Kier molecular flexibility index (Phi) is 5.38. The van der Waals surface area contributed by atoms with Gasteiger partial charge in [0, 0.05) is 0 Å². The minimum absolute atomic E-state index is 1.10. The Morgan fingerprint density at radius 3 is 1.84 bits per heavy atom. The molecule has 95 valence electrons. The summed E-state index contributed by atoms with van der Waals surface area (Å²) in [7, 11) is 2.12. The van der Waals surface area contributed by atoms with Crippen molar-refractivity contribution in [3.05, 3.63) is 96.0 Å². The summed E-state index contributed by atoms with van der Waals surface area (Å²) < 4.78 is 0. The van der Waals surface area contributed by atoms with Crippen LogP contribution < -0.4 is 0 Å². The van der Waals surface area contributed by atoms with Gasteiger partial charge in [-0.15, -0.1) is 0 Å². The van der Waals surface area contributed by atoms with Crippen molar-refractivity contribution in [3.63, 3.8) is 0 Å². The lowest BCUT2D eigenvalue weighted by atomic mass is 9.65. The predicted octanol–water partition coefficient (Wildman–Crippen LogP) is 4.85. The zero-order chi connectivity index (χ0) is 14.4. The molecule has 1 aliphatic heterocycles. The third kappa shape index (κ3) is 3.48. The van der Waals surface area contributed by atoms with Crippen molar-refractivity contribution >= 4 is 7.28 Å². The van der Waals surface area contributed by atoms with Gasteiger partial charge in [-0.3, -0.25) is 0 Å². The standard InChI is InChI=1S/C18H20B/c1-7-13(5)11-16-15(9-3)17(10-4)19-18(16)12-14(6)8-2/h7-12H,1-4H2,5-6H3/b13-11+,14-12+. The third-order valence-corrected chi connectivity index (χ3v) is 3.05. The summed E-state index contributed by atoms with van der Waals surface area (Å²) in [5.74, 6) is 0. The van der Waals surface area contributed by atoms with Gasteiger partial charge >= 0.3 is 0 Å². The number of hydrogen-bond acceptors (Lipinski definition) is 0. The van der Waals surface area contributed by atoms with Gasteiger partial charge in [0.25, 0.3) is 0 Å². The second kappa shape index (κ2) is 6.79. The monoisotopic (exact) mass is 247 g/mol. The Morgan fingerprint density at radius 1 is 0.789 bits per heavy atom. The minimum Gasteiger partial charge on any atom is -0.0996 e. The first-order valence-corrected chi connectivity index (χ1v) is 6.27. The normalized spacial score (nSPS) is 16.3. The van der Waals surface area contributed by atoms with Crippen LogP contribution >= 0.6 is 0 Å². The summed E-state index contributed by atoms with van der Waals surface area (Å²) in [6.07, 6.45) is 11.7. The quantitative estimate of drug-likeness (QED) is 0.465. The van der Waals surface area contributed by atoms with Gasteiger partial charge in [0.2, 0.25) is 0 Å². The van der Waals surface area contributed by atoms with E-state index in [-0.39, 0.29) is 0 Å². The predicted molar refractivity (Wildman–Crippen MR) is 88.1 cm³/mol. The second-order valence-corrected chi connectivity index (χ2v) is 4.48. The van der Waals surface area contributed by atoms with Crippen LogP contribution in [0.15, 0.2) is 96.0 Å². The van der Waals surface area contributed by atoms with E-state index in [2.05, 4.69) is 45.7 Å². The highest BCUT2D eigenvalue weighted by molar-refractivity contribution is 6.58. The first-order valence-electron chi connectivity index (χ1n) is 6.27. The molecule has 0 fully saturated rings. The highest BCUT2D eigenvalue weighted by atomic mass is 14.1. The Morgan fingerprint density at radius 2 is 1.37 bits per heavy atom. The summed E-state index contributed by atoms with van der Waals surface area (Å²) in [5.41, 5.74) is 6.77. The average Bonchev–Trinajstić information content (AvgIpc) is 2.75. The first kappa shape index (κ1) is 15.0. The number of rotatable bonds is 6. The first-order chi connectivity index (χ1) is 9.07. The molecule has 0 aromatic carbocycles. The molecule has 0 unspecified atom stereocenters. The second-order valence-electron chi connectivity index (χ2n) is 4.48. The van der Waals surface area contributed by atoms with E-state index in [9.17, 15) is 0 Å². The van der Waals surface area contributed by atoms with E-state index < -0.39 is 0 Å². The molecule has 0 nitrogen and oxygen atoms in total. The lowest BCUT2D eigenvalue weighted by Crippen LogP contribution is -1.93. The molecule has 1 heterocycles. The van der Waals surface area contributed by atoms with Gasteiger partial charge in [0.1, 0.15) is 0 Å². The fourth-order valence-corrected chi connectivity index (χ4v) is 1.90. The zero-order valence-electron chi connectivity index (χ0n) is 11.9. The molecular formula is C18H20B. The van der Waals surface area contributed by atoms with Crippen LogP contribution in [0.1, 0.15) is 13.8 Å². The molecule has 0 spiro atoms. The molecule has 0 saturated carbocycles. The Balaban J connectivity index is 3.42. The van der Waals surface area contributed by atoms with E-state index in [1.54, 1.807) is 0 Å². The van der Waals surface area contributed by atoms with E-state index >= 15 is 0 Å². The van der Waals surface area contributed by atoms with Crippen molar-refractivity contribution in [3.8, 4) is 0 Å². The molecule has 0 saturated heterocycles. The Hall–Kier alpha value is -2.02. The molecule has 0 aromatic heterocycles. The smallest absolute Gasteiger partial charge is 0.0996 e. The van der Waals surface area contributed by atoms with Gasteiger partial charge in [0.15, 0.2) is 7.28 Å². The van der Waals surface area contributed by atoms with Crippen LogP contribution in [0.5, 0.6) is 0 Å². The van der Waals surface area contributed by atoms with E-state index in [0.29, 0.717) is 0 Å². The highest BCUT2D eigenvalue weighted by Gasteiger charge is 2.19. The van der Waals surface area contributed by atoms with Gasteiger partial charge in [0.05, 0.1) is 0 Å². The van der Waals surface area contributed by atoms with Crippen molar-refractivity contribution in [2.45, 2.75) is 13.8 Å². The number of allylic oxidation sites excluding steroid dienone is 12. The van der Waals surface area contributed by atoms with Crippen molar-refractivity contribution in [1.82, 2.24) is 0 Å². The molecule has 0 bridgehead atoms. The maximum atomic E-state index is 3.90. The molecule has 0 aliphatic carbocycles. The van der Waals surface area contributed by atoms with Gasteiger partial charge in [-0.05, 0) is 25.0 Å². The molecule has 1 heteroatoms. The van der Waals surface area contributed by atoms with Crippen LogP contribution in [0.4, 0.5) is 0 Å². The molecule has 0 N–H and O–H groups in total. The lowest BCUT2D eigenvalue weighted by molar-refractivity contribution is 1.44. The maximum absolute atomic E-state index is 3.90. The van der Waals surface area contributed by atoms with Crippen molar-refractivity contribution in [2.75, 3.05) is 0 Å². The topological polar surface area (TPSA) is 0 Å². The van der Waals surface area contributed by atoms with Crippen molar-refractivity contribution in [2.24, 2.45) is 0 Å². The summed E-state index contributed by atoms with van der Waals surface area (Å²) in [6.45, 7) is 19.4. The van der Waals surface area contributed by atoms with Gasteiger partial charge < -0.3 is 0 Å². The van der Waals surface area contributed by atoms with Gasteiger partial charge in [-0.1, -0.05) is 84.9 Å². The van der Waals surface area contributed by atoms with E-state index in [1.807, 2.05) is 38.2 Å². The van der Waals surface area contributed by atoms with Crippen LogP contribution in [0.25, 0.3) is 0 Å². The van der Waals surface area contributed by atoms with Gasteiger partial charge in [-0.25, -0.2) is 0 Å². The van der Waals surface area contributed by atoms with Crippen LogP contribution in [0, 0.1) is 0 Å². The summed E-state index contributed by atoms with van der Waals surface area (Å²) in [4.78, 5) is 0. The minimum atomic E-state index is 1.10. The summed E-state index contributed by atoms with van der Waals surface area (Å²) in [5, 5.41) is 0. The Labute approximate surface area is 117 Å². The van der Waals surface area contributed by atoms with E-state index in [1.165, 1.54) is 0 Å². The summed E-state index contributed by atoms with van der Waals surface area (Å²) >= 11 is 0. The lowest BCUT2D eigenvalue weighted by Gasteiger charge is -2.04. The van der Waals surface area contributed by atoms with Crippen LogP contribution in [0.3, 0.4) is 0 Å². The molecule has 1 rings (SSSR count). The Bertz CT molecular complexity index is 548. The third-order valence-electron chi connectivity index (χ3n) is 3.05. The molecule has 19 heavy (non-hydrogen) atoms. The fraction of sp³-hybridized carbons (Fsp3) is 0.111. The van der Waals surface area contributed by atoms with Gasteiger partial charge in [-0.2, -0.15) is 0 Å². The molecule has 1 aliphatic rings. The van der Waals surface area contributed by atoms with Crippen molar-refractivity contribution < 1.29 is 0 Å². The molecule has 0 atom stereocenters. The summed E-state index contributed by atoms with van der Waals surface area (Å²) in [6, 6.07) is 0. The van der Waals surface area contributed by atoms with Crippen LogP contribution in [-0.2, 0) is 0 Å². The highest BCUT2D eigenvalue weighted by Crippen LogP contribution is 2.31. The van der Waals surface area contributed by atoms with Crippen molar-refractivity contribution in [1.29, 1.82) is 0 Å². The molecular weight excluding hydrogens is 227 g/mol. The molecule has 0 aromatic rings. The zero-order valence-corrected chi connectivity index (χ0v) is 11.9. The molecule has 0 amide bonds. The average molecular weight is 247 g/mol. The fourth-order valence-electron chi connectivity index (χ4n) is 1.90.